The van der Waals surface area contributed by atoms with Crippen molar-refractivity contribution in [2.24, 2.45) is 0 Å². The Balaban J connectivity index is 2.31. The Morgan fingerprint density at radius 1 is 1.69 bits per heavy atom. The van der Waals surface area contributed by atoms with Gasteiger partial charge in [-0.05, 0) is 0 Å². The zero-order chi connectivity index (χ0) is 11.8. The summed E-state index contributed by atoms with van der Waals surface area (Å²) in [6.07, 6.45) is 2.09. The van der Waals surface area contributed by atoms with Crippen LogP contribution in [0, 0.1) is 0 Å². The van der Waals surface area contributed by atoms with Crippen molar-refractivity contribution in [1.29, 1.82) is 0 Å². The van der Waals surface area contributed by atoms with Crippen LogP contribution in [-0.2, 0) is 22.5 Å². The number of nitrogens with zero attached hydrogens (tertiary/aromatic N) is 3. The Labute approximate surface area is 93.4 Å². The molecule has 0 saturated heterocycles. The second-order valence-electron chi connectivity index (χ2n) is 3.22. The molecule has 0 spiro atoms. The van der Waals surface area contributed by atoms with E-state index in [0.717, 1.165) is 0 Å². The summed E-state index contributed by atoms with van der Waals surface area (Å²) in [5, 5.41) is 18.9. The zero-order valence-electron chi connectivity index (χ0n) is 9.22. The first-order chi connectivity index (χ1) is 7.76. The standard InChI is InChI=1S/C9H16N4O3/c1-16-5-3-10-9(15)7-13-6-8(2-4-14)11-12-13/h6,14H,2-5,7H2,1H3,(H,10,15). The number of hydrogen-bond acceptors (Lipinski definition) is 5. The fraction of sp³-hybridized carbons (Fsp3) is 0.667. The molecule has 0 saturated carbocycles. The fourth-order valence-corrected chi connectivity index (χ4v) is 1.14. The van der Waals surface area contributed by atoms with Crippen LogP contribution in [0.2, 0.25) is 0 Å². The highest BCUT2D eigenvalue weighted by atomic mass is 16.5. The summed E-state index contributed by atoms with van der Waals surface area (Å²) in [6.45, 7) is 1.12. The van der Waals surface area contributed by atoms with Crippen LogP contribution in [-0.4, -0.2) is 52.9 Å². The van der Waals surface area contributed by atoms with Crippen LogP contribution < -0.4 is 5.32 Å². The topological polar surface area (TPSA) is 89.3 Å². The number of methoxy groups -OCH3 is 1. The average Bonchev–Trinajstić information content (AvgIpc) is 2.66. The summed E-state index contributed by atoms with van der Waals surface area (Å²) in [4.78, 5) is 11.3. The number of aliphatic hydroxyl groups excluding tert-OH is 1. The molecule has 90 valence electrons. The van der Waals surface area contributed by atoms with Crippen molar-refractivity contribution in [2.75, 3.05) is 26.9 Å². The van der Waals surface area contributed by atoms with Gasteiger partial charge in [0.2, 0.25) is 5.91 Å². The maximum atomic E-state index is 11.3. The van der Waals surface area contributed by atoms with E-state index in [4.69, 9.17) is 9.84 Å². The monoisotopic (exact) mass is 228 g/mol. The molecule has 0 unspecified atom stereocenters. The number of carbonyl (C=O) groups excluding carboxylic acids is 1. The molecule has 0 radical (unpaired) electrons. The van der Waals surface area contributed by atoms with Gasteiger partial charge in [0, 0.05) is 32.9 Å². The van der Waals surface area contributed by atoms with Gasteiger partial charge in [-0.3, -0.25) is 4.79 Å². The summed E-state index contributed by atoms with van der Waals surface area (Å²) < 4.78 is 6.24. The van der Waals surface area contributed by atoms with E-state index >= 15 is 0 Å². The first-order valence-corrected chi connectivity index (χ1v) is 5.01. The average molecular weight is 228 g/mol. The molecule has 0 aliphatic heterocycles. The van der Waals surface area contributed by atoms with Crippen molar-refractivity contribution < 1.29 is 14.6 Å². The lowest BCUT2D eigenvalue weighted by Gasteiger charge is -2.03. The van der Waals surface area contributed by atoms with E-state index in [1.807, 2.05) is 0 Å². The molecular formula is C9H16N4O3. The van der Waals surface area contributed by atoms with Crippen LogP contribution in [0.1, 0.15) is 5.69 Å². The summed E-state index contributed by atoms with van der Waals surface area (Å²) in [7, 11) is 1.57. The Hall–Kier alpha value is -1.47. The van der Waals surface area contributed by atoms with Crippen molar-refractivity contribution in [3.05, 3.63) is 11.9 Å². The molecule has 0 fully saturated rings. The summed E-state index contributed by atoms with van der Waals surface area (Å²) in [5.41, 5.74) is 0.673. The van der Waals surface area contributed by atoms with Crippen LogP contribution in [0.4, 0.5) is 0 Å². The van der Waals surface area contributed by atoms with Crippen molar-refractivity contribution in [3.8, 4) is 0 Å². The largest absolute Gasteiger partial charge is 0.396 e. The third kappa shape index (κ3) is 4.37. The van der Waals surface area contributed by atoms with Crippen LogP contribution in [0.15, 0.2) is 6.20 Å². The van der Waals surface area contributed by atoms with Gasteiger partial charge in [0.25, 0.3) is 0 Å². The minimum Gasteiger partial charge on any atom is -0.396 e. The molecule has 1 heterocycles. The molecule has 7 heteroatoms. The number of nitrogens with one attached hydrogen (secondary N) is 1. The summed E-state index contributed by atoms with van der Waals surface area (Å²) in [6, 6.07) is 0. The molecule has 1 amide bonds. The van der Waals surface area contributed by atoms with E-state index in [-0.39, 0.29) is 19.1 Å². The number of carbonyl (C=O) groups is 1. The van der Waals surface area contributed by atoms with E-state index in [1.165, 1.54) is 4.68 Å². The molecular weight excluding hydrogens is 212 g/mol. The SMILES string of the molecule is COCCNC(=O)Cn1cc(CCO)nn1. The van der Waals surface area contributed by atoms with Gasteiger partial charge in [-0.25, -0.2) is 4.68 Å². The molecule has 0 aliphatic rings. The molecule has 1 aromatic rings. The lowest BCUT2D eigenvalue weighted by atomic mass is 10.3. The van der Waals surface area contributed by atoms with Crippen molar-refractivity contribution >= 4 is 5.91 Å². The maximum absolute atomic E-state index is 11.3. The maximum Gasteiger partial charge on any atom is 0.241 e. The van der Waals surface area contributed by atoms with Crippen LogP contribution in [0.3, 0.4) is 0 Å². The highest BCUT2D eigenvalue weighted by Crippen LogP contribution is 1.93. The Morgan fingerprint density at radius 3 is 3.19 bits per heavy atom. The van der Waals surface area contributed by atoms with Crippen molar-refractivity contribution in [2.45, 2.75) is 13.0 Å². The van der Waals surface area contributed by atoms with Gasteiger partial charge in [0.05, 0.1) is 12.3 Å². The number of ether oxygens (including phenoxy) is 1. The molecule has 2 N–H and O–H groups in total. The minimum absolute atomic E-state index is 0.0265. The Kier molecular flexibility index (Phi) is 5.44. The number of rotatable bonds is 7. The van der Waals surface area contributed by atoms with Gasteiger partial charge >= 0.3 is 0 Å². The minimum atomic E-state index is -0.141. The predicted molar refractivity (Wildman–Crippen MR) is 55.7 cm³/mol. The third-order valence-corrected chi connectivity index (χ3v) is 1.89. The van der Waals surface area contributed by atoms with Gasteiger partial charge in [0.15, 0.2) is 0 Å². The van der Waals surface area contributed by atoms with E-state index in [0.29, 0.717) is 25.3 Å². The van der Waals surface area contributed by atoms with Crippen molar-refractivity contribution in [3.63, 3.8) is 0 Å². The van der Waals surface area contributed by atoms with Crippen LogP contribution >= 0.6 is 0 Å². The normalized spacial score (nSPS) is 10.4. The molecule has 7 nitrogen and oxygen atoms in total. The first-order valence-electron chi connectivity index (χ1n) is 5.01. The van der Waals surface area contributed by atoms with Crippen molar-refractivity contribution in [1.82, 2.24) is 20.3 Å². The van der Waals surface area contributed by atoms with E-state index < -0.39 is 0 Å². The number of hydrogen-bond donors (Lipinski definition) is 2. The molecule has 0 bridgehead atoms. The zero-order valence-corrected chi connectivity index (χ0v) is 9.22. The lowest BCUT2D eigenvalue weighted by molar-refractivity contribution is -0.122. The van der Waals surface area contributed by atoms with Gasteiger partial charge in [-0.15, -0.1) is 5.10 Å². The molecule has 0 aromatic carbocycles. The fourth-order valence-electron chi connectivity index (χ4n) is 1.14. The van der Waals surface area contributed by atoms with Crippen LogP contribution in [0.25, 0.3) is 0 Å². The van der Waals surface area contributed by atoms with Gasteiger partial charge in [0.1, 0.15) is 6.54 Å². The molecule has 0 aliphatic carbocycles. The number of aliphatic hydroxyl groups is 1. The summed E-state index contributed by atoms with van der Waals surface area (Å²) >= 11 is 0. The first kappa shape index (κ1) is 12.6. The smallest absolute Gasteiger partial charge is 0.241 e. The predicted octanol–water partition coefficient (Wildman–Crippen LogP) is -1.42. The quantitative estimate of drug-likeness (QED) is 0.559. The highest BCUT2D eigenvalue weighted by Gasteiger charge is 2.04. The lowest BCUT2D eigenvalue weighted by Crippen LogP contribution is -2.30. The van der Waals surface area contributed by atoms with Gasteiger partial charge in [-0.2, -0.15) is 0 Å². The van der Waals surface area contributed by atoms with Gasteiger partial charge < -0.3 is 15.2 Å². The summed E-state index contributed by atoms with van der Waals surface area (Å²) in [5.74, 6) is -0.141. The van der Waals surface area contributed by atoms with E-state index in [2.05, 4.69) is 15.6 Å². The second kappa shape index (κ2) is 6.91. The molecule has 0 atom stereocenters. The van der Waals surface area contributed by atoms with Gasteiger partial charge in [-0.1, -0.05) is 5.21 Å². The molecule has 16 heavy (non-hydrogen) atoms. The highest BCUT2D eigenvalue weighted by molar-refractivity contribution is 5.75. The number of amides is 1. The molecule has 1 aromatic heterocycles. The Morgan fingerprint density at radius 2 is 2.50 bits per heavy atom. The second-order valence-corrected chi connectivity index (χ2v) is 3.22. The third-order valence-electron chi connectivity index (χ3n) is 1.89. The molecule has 1 rings (SSSR count). The van der Waals surface area contributed by atoms with Crippen LogP contribution in [0.5, 0.6) is 0 Å². The Bertz CT molecular complexity index is 326. The van der Waals surface area contributed by atoms with E-state index in [9.17, 15) is 4.79 Å². The van der Waals surface area contributed by atoms with E-state index in [1.54, 1.807) is 13.3 Å². The number of aromatic nitrogens is 3.